The zero-order valence-corrected chi connectivity index (χ0v) is 11.0. The first kappa shape index (κ1) is 12.0. The van der Waals surface area contributed by atoms with E-state index in [2.05, 4.69) is 17.5 Å². The number of hydrogen-bond donors (Lipinski definition) is 0. The number of carbonyl (C=O) groups is 1. The number of nitrogens with zero attached hydrogens (tertiary/aromatic N) is 1. The van der Waals surface area contributed by atoms with Crippen molar-refractivity contribution < 1.29 is 4.79 Å². The molecule has 1 aromatic heterocycles. The first-order valence-electron chi connectivity index (χ1n) is 5.74. The molecule has 1 aromatic rings. The van der Waals surface area contributed by atoms with E-state index >= 15 is 0 Å². The molecule has 0 aliphatic carbocycles. The maximum Gasteiger partial charge on any atom is 0.232 e. The molecule has 1 aliphatic heterocycles. The molecule has 0 N–H and O–H groups in total. The first-order valence-corrected chi connectivity index (χ1v) is 7.77. The fourth-order valence-corrected chi connectivity index (χ4v) is 3.64. The summed E-state index contributed by atoms with van der Waals surface area (Å²) in [6.07, 6.45) is 3.65. The van der Waals surface area contributed by atoms with Crippen molar-refractivity contribution in [3.05, 3.63) is 22.4 Å². The van der Waals surface area contributed by atoms with Crippen LogP contribution in [0, 0.1) is 0 Å². The van der Waals surface area contributed by atoms with Gasteiger partial charge < -0.3 is 4.90 Å². The van der Waals surface area contributed by atoms with Crippen LogP contribution >= 0.6 is 23.1 Å². The topological polar surface area (TPSA) is 20.3 Å². The second kappa shape index (κ2) is 6.30. The summed E-state index contributed by atoms with van der Waals surface area (Å²) in [5.74, 6) is 1.93. The molecular weight excluding hydrogens is 238 g/mol. The Balaban J connectivity index is 1.67. The molecule has 2 rings (SSSR count). The average molecular weight is 255 g/mol. The van der Waals surface area contributed by atoms with Gasteiger partial charge in [0.2, 0.25) is 5.91 Å². The number of thioether (sulfide) groups is 1. The van der Waals surface area contributed by atoms with Crippen LogP contribution in [0.4, 0.5) is 0 Å². The fraction of sp³-hybridized carbons (Fsp3) is 0.583. The van der Waals surface area contributed by atoms with E-state index in [-0.39, 0.29) is 0 Å². The fourth-order valence-electron chi connectivity index (χ4n) is 1.87. The van der Waals surface area contributed by atoms with Crippen LogP contribution in [0.25, 0.3) is 0 Å². The highest BCUT2D eigenvalue weighted by atomic mass is 32.2. The standard InChI is InChI=1S/C12H17NOS2/c14-12(13-6-2-1-3-7-13)10-15-9-11-5-4-8-16-11/h4-5,8H,1-3,6-7,9-10H2. The monoisotopic (exact) mass is 255 g/mol. The van der Waals surface area contributed by atoms with Gasteiger partial charge in [-0.15, -0.1) is 23.1 Å². The van der Waals surface area contributed by atoms with E-state index < -0.39 is 0 Å². The average Bonchev–Trinajstić information content (AvgIpc) is 2.83. The maximum absolute atomic E-state index is 11.8. The lowest BCUT2D eigenvalue weighted by Crippen LogP contribution is -2.36. The minimum absolute atomic E-state index is 0.321. The number of carbonyl (C=O) groups excluding carboxylic acids is 1. The van der Waals surface area contributed by atoms with E-state index in [1.165, 1.54) is 24.1 Å². The van der Waals surface area contributed by atoms with Crippen LogP contribution in [0.3, 0.4) is 0 Å². The Labute approximate surface area is 105 Å². The zero-order valence-electron chi connectivity index (χ0n) is 9.35. The maximum atomic E-state index is 11.8. The smallest absolute Gasteiger partial charge is 0.232 e. The Morgan fingerprint density at radius 3 is 2.88 bits per heavy atom. The van der Waals surface area contributed by atoms with E-state index in [0.717, 1.165) is 18.8 Å². The van der Waals surface area contributed by atoms with E-state index in [4.69, 9.17) is 0 Å². The van der Waals surface area contributed by atoms with Crippen molar-refractivity contribution in [2.75, 3.05) is 18.8 Å². The van der Waals surface area contributed by atoms with Gasteiger partial charge >= 0.3 is 0 Å². The summed E-state index contributed by atoms with van der Waals surface area (Å²) in [7, 11) is 0. The minimum atomic E-state index is 0.321. The number of likely N-dealkylation sites (tertiary alicyclic amines) is 1. The van der Waals surface area contributed by atoms with Gasteiger partial charge in [0.05, 0.1) is 5.75 Å². The first-order chi connectivity index (χ1) is 7.86. The van der Waals surface area contributed by atoms with Crippen LogP contribution in [-0.4, -0.2) is 29.6 Å². The molecule has 16 heavy (non-hydrogen) atoms. The summed E-state index contributed by atoms with van der Waals surface area (Å²) >= 11 is 3.50. The molecule has 1 amide bonds. The van der Waals surface area contributed by atoms with Crippen LogP contribution in [0.2, 0.25) is 0 Å². The second-order valence-corrected chi connectivity index (χ2v) is 6.03. The van der Waals surface area contributed by atoms with Crippen LogP contribution in [0.5, 0.6) is 0 Å². The summed E-state index contributed by atoms with van der Waals surface area (Å²) in [5.41, 5.74) is 0. The van der Waals surface area contributed by atoms with E-state index in [1.54, 1.807) is 23.1 Å². The molecule has 1 aliphatic rings. The summed E-state index contributed by atoms with van der Waals surface area (Å²) in [6, 6.07) is 4.19. The van der Waals surface area contributed by atoms with Gasteiger partial charge in [0.15, 0.2) is 0 Å². The lowest BCUT2D eigenvalue weighted by Gasteiger charge is -2.26. The van der Waals surface area contributed by atoms with Gasteiger partial charge in [-0.3, -0.25) is 4.79 Å². The molecule has 4 heteroatoms. The van der Waals surface area contributed by atoms with Crippen LogP contribution in [0.1, 0.15) is 24.1 Å². The lowest BCUT2D eigenvalue weighted by atomic mass is 10.1. The predicted molar refractivity (Wildman–Crippen MR) is 70.9 cm³/mol. The van der Waals surface area contributed by atoms with E-state index in [1.807, 2.05) is 4.90 Å². The van der Waals surface area contributed by atoms with E-state index in [9.17, 15) is 4.79 Å². The molecule has 0 bridgehead atoms. The van der Waals surface area contributed by atoms with Gasteiger partial charge in [0.25, 0.3) is 0 Å². The van der Waals surface area contributed by atoms with Crippen molar-refractivity contribution in [3.8, 4) is 0 Å². The van der Waals surface area contributed by atoms with Crippen molar-refractivity contribution >= 4 is 29.0 Å². The molecule has 0 aromatic carbocycles. The molecule has 2 nitrogen and oxygen atoms in total. The molecule has 88 valence electrons. The number of piperidine rings is 1. The van der Waals surface area contributed by atoms with Gasteiger partial charge in [0.1, 0.15) is 0 Å². The molecule has 0 atom stereocenters. The van der Waals surface area contributed by atoms with Crippen molar-refractivity contribution in [1.29, 1.82) is 0 Å². The van der Waals surface area contributed by atoms with Crippen LogP contribution in [0.15, 0.2) is 17.5 Å². The third-order valence-corrected chi connectivity index (χ3v) is 4.78. The molecular formula is C12H17NOS2. The normalized spacial score (nSPS) is 16.4. The summed E-state index contributed by atoms with van der Waals surface area (Å²) in [4.78, 5) is 15.2. The van der Waals surface area contributed by atoms with E-state index in [0.29, 0.717) is 11.7 Å². The Morgan fingerprint density at radius 2 is 2.19 bits per heavy atom. The Hall–Kier alpha value is -0.480. The molecule has 0 spiro atoms. The molecule has 0 unspecified atom stereocenters. The molecule has 1 fully saturated rings. The van der Waals surface area contributed by atoms with Gasteiger partial charge in [0, 0.05) is 23.7 Å². The lowest BCUT2D eigenvalue weighted by molar-refractivity contribution is -0.129. The largest absolute Gasteiger partial charge is 0.342 e. The highest BCUT2D eigenvalue weighted by molar-refractivity contribution is 7.99. The van der Waals surface area contributed by atoms with Crippen molar-refractivity contribution in [3.63, 3.8) is 0 Å². The van der Waals surface area contributed by atoms with Gasteiger partial charge in [-0.25, -0.2) is 0 Å². The number of amides is 1. The molecule has 0 radical (unpaired) electrons. The number of hydrogen-bond acceptors (Lipinski definition) is 3. The highest BCUT2D eigenvalue weighted by Crippen LogP contribution is 2.18. The SMILES string of the molecule is O=C(CSCc1cccs1)N1CCCCC1. The summed E-state index contributed by atoms with van der Waals surface area (Å²) in [6.45, 7) is 1.94. The number of thiophene rings is 1. The Bertz CT molecular complexity index is 318. The predicted octanol–water partition coefficient (Wildman–Crippen LogP) is 2.99. The summed E-state index contributed by atoms with van der Waals surface area (Å²) < 4.78 is 0. The highest BCUT2D eigenvalue weighted by Gasteiger charge is 2.15. The number of rotatable bonds is 4. The van der Waals surface area contributed by atoms with Crippen LogP contribution in [-0.2, 0) is 10.5 Å². The zero-order chi connectivity index (χ0) is 11.2. The van der Waals surface area contributed by atoms with Crippen molar-refractivity contribution in [2.45, 2.75) is 25.0 Å². The molecule has 1 saturated heterocycles. The third-order valence-electron chi connectivity index (χ3n) is 2.76. The second-order valence-electron chi connectivity index (χ2n) is 4.01. The van der Waals surface area contributed by atoms with Crippen molar-refractivity contribution in [1.82, 2.24) is 4.90 Å². The Morgan fingerprint density at radius 1 is 1.38 bits per heavy atom. The van der Waals surface area contributed by atoms with Crippen molar-refractivity contribution in [2.24, 2.45) is 0 Å². The third kappa shape index (κ3) is 3.52. The van der Waals surface area contributed by atoms with Gasteiger partial charge in [-0.2, -0.15) is 0 Å². The summed E-state index contributed by atoms with van der Waals surface area (Å²) in [5, 5.41) is 2.09. The van der Waals surface area contributed by atoms with Gasteiger partial charge in [-0.1, -0.05) is 6.07 Å². The minimum Gasteiger partial charge on any atom is -0.342 e. The molecule has 2 heterocycles. The van der Waals surface area contributed by atoms with Crippen LogP contribution < -0.4 is 0 Å². The Kier molecular flexibility index (Phi) is 4.72. The molecule has 0 saturated carbocycles. The quantitative estimate of drug-likeness (QED) is 0.824. The van der Waals surface area contributed by atoms with Gasteiger partial charge in [-0.05, 0) is 30.7 Å².